The van der Waals surface area contributed by atoms with Crippen LogP contribution in [0.3, 0.4) is 0 Å². The molecule has 2 aromatic carbocycles. The Labute approximate surface area is 147 Å². The summed E-state index contributed by atoms with van der Waals surface area (Å²) in [6, 6.07) is 11.2. The van der Waals surface area contributed by atoms with E-state index in [1.807, 2.05) is 13.0 Å². The fourth-order valence-corrected chi connectivity index (χ4v) is 2.62. The maximum Gasteiger partial charge on any atom is 0.288 e. The predicted molar refractivity (Wildman–Crippen MR) is 92.9 cm³/mol. The fraction of sp³-hybridized carbons (Fsp3) is 0.0588. The van der Waals surface area contributed by atoms with Crippen molar-refractivity contribution in [2.75, 3.05) is 5.01 Å². The number of carbonyl (C=O) groups excluding carboxylic acids is 2. The molecule has 1 fully saturated rings. The van der Waals surface area contributed by atoms with Crippen LogP contribution < -0.4 is 10.4 Å². The Bertz CT molecular complexity index is 939. The molecule has 8 heteroatoms. The monoisotopic (exact) mass is 357 g/mol. The van der Waals surface area contributed by atoms with Crippen LogP contribution in [-0.4, -0.2) is 16.7 Å². The largest absolute Gasteiger partial charge is 0.288 e. The Kier molecular flexibility index (Phi) is 4.24. The van der Waals surface area contributed by atoms with Gasteiger partial charge < -0.3 is 0 Å². The van der Waals surface area contributed by atoms with Gasteiger partial charge in [0.05, 0.1) is 10.6 Å². The van der Waals surface area contributed by atoms with Crippen LogP contribution in [0.1, 0.15) is 11.1 Å². The smallest absolute Gasteiger partial charge is 0.267 e. The average molecular weight is 358 g/mol. The highest BCUT2D eigenvalue weighted by Gasteiger charge is 2.34. The van der Waals surface area contributed by atoms with Crippen LogP contribution in [0.4, 0.5) is 11.4 Å². The molecule has 25 heavy (non-hydrogen) atoms. The van der Waals surface area contributed by atoms with E-state index in [-0.39, 0.29) is 16.3 Å². The van der Waals surface area contributed by atoms with Crippen molar-refractivity contribution < 1.29 is 14.5 Å². The molecule has 0 aliphatic carbocycles. The van der Waals surface area contributed by atoms with E-state index in [1.165, 1.54) is 24.3 Å². The number of hydrazine groups is 1. The highest BCUT2D eigenvalue weighted by Crippen LogP contribution is 2.27. The van der Waals surface area contributed by atoms with Crippen LogP contribution in [-0.2, 0) is 9.59 Å². The number of amides is 2. The van der Waals surface area contributed by atoms with Crippen molar-refractivity contribution in [2.24, 2.45) is 0 Å². The maximum atomic E-state index is 12.5. The van der Waals surface area contributed by atoms with Crippen LogP contribution in [0.2, 0.25) is 5.02 Å². The zero-order valence-electron chi connectivity index (χ0n) is 13.0. The lowest BCUT2D eigenvalue weighted by Gasteiger charge is -2.14. The van der Waals surface area contributed by atoms with Crippen LogP contribution in [0.5, 0.6) is 0 Å². The molecule has 2 amide bonds. The summed E-state index contributed by atoms with van der Waals surface area (Å²) < 4.78 is 0. The minimum Gasteiger partial charge on any atom is -0.267 e. The molecule has 0 atom stereocenters. The van der Waals surface area contributed by atoms with Gasteiger partial charge in [-0.05, 0) is 42.3 Å². The van der Waals surface area contributed by atoms with Gasteiger partial charge in [-0.3, -0.25) is 25.1 Å². The zero-order chi connectivity index (χ0) is 18.1. The lowest BCUT2D eigenvalue weighted by atomic mass is 10.1. The summed E-state index contributed by atoms with van der Waals surface area (Å²) >= 11 is 5.77. The number of benzene rings is 2. The van der Waals surface area contributed by atoms with Gasteiger partial charge in [0, 0.05) is 6.07 Å². The van der Waals surface area contributed by atoms with Crippen molar-refractivity contribution in [3.8, 4) is 0 Å². The first kappa shape index (κ1) is 16.7. The van der Waals surface area contributed by atoms with Crippen molar-refractivity contribution in [3.63, 3.8) is 0 Å². The second kappa shape index (κ2) is 6.37. The van der Waals surface area contributed by atoms with Gasteiger partial charge in [0.25, 0.3) is 17.5 Å². The molecule has 3 rings (SSSR count). The zero-order valence-corrected chi connectivity index (χ0v) is 13.8. The third-order valence-corrected chi connectivity index (χ3v) is 3.95. The first-order valence-electron chi connectivity index (χ1n) is 7.24. The quantitative estimate of drug-likeness (QED) is 0.395. The number of nitrogens with zero attached hydrogens (tertiary/aromatic N) is 2. The van der Waals surface area contributed by atoms with E-state index >= 15 is 0 Å². The summed E-state index contributed by atoms with van der Waals surface area (Å²) in [4.78, 5) is 35.0. The number of aryl methyl sites for hydroxylation is 1. The van der Waals surface area contributed by atoms with Crippen molar-refractivity contribution in [1.29, 1.82) is 0 Å². The van der Waals surface area contributed by atoms with Crippen molar-refractivity contribution >= 4 is 40.9 Å². The summed E-state index contributed by atoms with van der Waals surface area (Å²) in [5.74, 6) is -1.11. The van der Waals surface area contributed by atoms with E-state index in [9.17, 15) is 19.7 Å². The highest BCUT2D eigenvalue weighted by atomic mass is 35.5. The van der Waals surface area contributed by atoms with Gasteiger partial charge in [0.15, 0.2) is 0 Å². The molecule has 1 aliphatic heterocycles. The SMILES string of the molecule is Cc1cccc(N2NC(=O)/C(=C\c3ccc(Cl)c([N+](=O)[O-])c3)C2=O)c1. The molecule has 0 unspecified atom stereocenters. The first-order valence-corrected chi connectivity index (χ1v) is 7.62. The Morgan fingerprint density at radius 1 is 1.20 bits per heavy atom. The topological polar surface area (TPSA) is 92.6 Å². The number of anilines is 1. The van der Waals surface area contributed by atoms with E-state index in [0.29, 0.717) is 11.3 Å². The number of nitrogens with one attached hydrogen (secondary N) is 1. The fourth-order valence-electron chi connectivity index (χ4n) is 2.43. The van der Waals surface area contributed by atoms with Gasteiger partial charge in [-0.15, -0.1) is 0 Å². The Hall–Kier alpha value is -3.19. The standard InChI is InChI=1S/C17H12ClN3O4/c1-10-3-2-4-12(7-10)20-17(23)13(16(22)19-20)8-11-5-6-14(18)15(9-11)21(24)25/h2-9H,1H3,(H,19,22)/b13-8+. The molecule has 0 aromatic heterocycles. The summed E-state index contributed by atoms with van der Waals surface area (Å²) in [5, 5.41) is 12.1. The summed E-state index contributed by atoms with van der Waals surface area (Å²) in [6.45, 7) is 1.87. The minimum atomic E-state index is -0.625. The van der Waals surface area contributed by atoms with Crippen molar-refractivity contribution in [3.05, 3.63) is 74.3 Å². The molecule has 1 heterocycles. The third-order valence-electron chi connectivity index (χ3n) is 3.63. The van der Waals surface area contributed by atoms with Crippen LogP contribution in [0, 0.1) is 17.0 Å². The van der Waals surface area contributed by atoms with E-state index in [0.717, 1.165) is 10.6 Å². The summed E-state index contributed by atoms with van der Waals surface area (Å²) in [7, 11) is 0. The molecule has 0 bridgehead atoms. The Morgan fingerprint density at radius 2 is 1.96 bits per heavy atom. The number of carbonyl (C=O) groups is 2. The van der Waals surface area contributed by atoms with E-state index in [4.69, 9.17) is 11.6 Å². The number of hydrogen-bond donors (Lipinski definition) is 1. The van der Waals surface area contributed by atoms with Crippen LogP contribution in [0.25, 0.3) is 6.08 Å². The van der Waals surface area contributed by atoms with E-state index < -0.39 is 16.7 Å². The average Bonchev–Trinajstić information content (AvgIpc) is 2.84. The van der Waals surface area contributed by atoms with Gasteiger partial charge in [0.2, 0.25) is 0 Å². The van der Waals surface area contributed by atoms with Gasteiger partial charge in [-0.2, -0.15) is 0 Å². The summed E-state index contributed by atoms with van der Waals surface area (Å²) in [5.41, 5.74) is 3.88. The molecule has 0 radical (unpaired) electrons. The van der Waals surface area contributed by atoms with Gasteiger partial charge in [0.1, 0.15) is 10.6 Å². The third kappa shape index (κ3) is 3.22. The van der Waals surface area contributed by atoms with Gasteiger partial charge >= 0.3 is 0 Å². The molecule has 2 aromatic rings. The van der Waals surface area contributed by atoms with Crippen LogP contribution in [0.15, 0.2) is 48.0 Å². The molecular weight excluding hydrogens is 346 g/mol. The van der Waals surface area contributed by atoms with Crippen molar-refractivity contribution in [2.45, 2.75) is 6.92 Å². The van der Waals surface area contributed by atoms with Gasteiger partial charge in [-0.25, -0.2) is 5.01 Å². The van der Waals surface area contributed by atoms with Crippen LogP contribution >= 0.6 is 11.6 Å². The first-order chi connectivity index (χ1) is 11.9. The Morgan fingerprint density at radius 3 is 2.64 bits per heavy atom. The normalized spacial score (nSPS) is 15.6. The van der Waals surface area contributed by atoms with Crippen molar-refractivity contribution in [1.82, 2.24) is 5.43 Å². The number of nitro benzene ring substituents is 1. The lowest BCUT2D eigenvalue weighted by molar-refractivity contribution is -0.384. The number of halogens is 1. The van der Waals surface area contributed by atoms with E-state index in [2.05, 4.69) is 5.43 Å². The lowest BCUT2D eigenvalue weighted by Crippen LogP contribution is -2.35. The van der Waals surface area contributed by atoms with E-state index in [1.54, 1.807) is 18.2 Å². The second-order valence-corrected chi connectivity index (χ2v) is 5.85. The molecule has 1 aliphatic rings. The molecular formula is C17H12ClN3O4. The Balaban J connectivity index is 1.97. The summed E-state index contributed by atoms with van der Waals surface area (Å²) in [6.07, 6.45) is 1.30. The molecule has 0 spiro atoms. The number of rotatable bonds is 3. The highest BCUT2D eigenvalue weighted by molar-refractivity contribution is 6.33. The minimum absolute atomic E-state index is 0.0178. The molecule has 0 saturated carbocycles. The van der Waals surface area contributed by atoms with Gasteiger partial charge in [-0.1, -0.05) is 29.8 Å². The second-order valence-electron chi connectivity index (χ2n) is 5.45. The molecule has 1 N–H and O–H groups in total. The molecule has 7 nitrogen and oxygen atoms in total. The predicted octanol–water partition coefficient (Wildman–Crippen LogP) is 3.02. The molecule has 126 valence electrons. The number of hydrogen-bond acceptors (Lipinski definition) is 4. The number of nitro groups is 1. The molecule has 1 saturated heterocycles. The maximum absolute atomic E-state index is 12.5.